The average Bonchev–Trinajstić information content (AvgIpc) is 3.34. The molecule has 150 valence electrons. The number of fused-ring (bicyclic) bond motifs is 1. The number of furan rings is 1. The highest BCUT2D eigenvalue weighted by Crippen LogP contribution is 2.36. The minimum atomic E-state index is -4.64. The lowest BCUT2D eigenvalue weighted by Gasteiger charge is -2.10. The first-order chi connectivity index (χ1) is 13.9. The van der Waals surface area contributed by atoms with Crippen LogP contribution in [-0.4, -0.2) is 28.8 Å². The number of alkyl halides is 3. The van der Waals surface area contributed by atoms with Crippen molar-refractivity contribution in [3.05, 3.63) is 60.1 Å². The molecule has 3 aromatic heterocycles. The van der Waals surface area contributed by atoms with E-state index in [0.717, 1.165) is 10.6 Å². The SMILES string of the molecule is COCc1nn2c(C(F)(F)F)cc(-c3ccco3)nc2c1-c1ccc(OC)cc1. The van der Waals surface area contributed by atoms with E-state index < -0.39 is 11.9 Å². The second-order valence-corrected chi connectivity index (χ2v) is 6.22. The number of hydrogen-bond donors (Lipinski definition) is 0. The van der Waals surface area contributed by atoms with Gasteiger partial charge in [-0.15, -0.1) is 0 Å². The Morgan fingerprint density at radius 3 is 2.45 bits per heavy atom. The minimum absolute atomic E-state index is 0.0259. The van der Waals surface area contributed by atoms with Gasteiger partial charge in [-0.1, -0.05) is 12.1 Å². The smallest absolute Gasteiger partial charge is 0.433 e. The third-order valence-electron chi connectivity index (χ3n) is 4.39. The first-order valence-electron chi connectivity index (χ1n) is 8.59. The topological polar surface area (TPSA) is 61.8 Å². The van der Waals surface area contributed by atoms with Crippen molar-refractivity contribution in [1.29, 1.82) is 0 Å². The molecular formula is C20H16F3N3O3. The van der Waals surface area contributed by atoms with Gasteiger partial charge in [-0.25, -0.2) is 9.50 Å². The molecule has 0 aliphatic heterocycles. The largest absolute Gasteiger partial charge is 0.497 e. The van der Waals surface area contributed by atoms with Crippen LogP contribution in [0.3, 0.4) is 0 Å². The van der Waals surface area contributed by atoms with Crippen molar-refractivity contribution in [2.45, 2.75) is 12.8 Å². The summed E-state index contributed by atoms with van der Waals surface area (Å²) in [5.41, 5.74) is 0.605. The van der Waals surface area contributed by atoms with Gasteiger partial charge in [-0.3, -0.25) is 0 Å². The van der Waals surface area contributed by atoms with E-state index in [2.05, 4.69) is 10.1 Å². The zero-order chi connectivity index (χ0) is 20.6. The van der Waals surface area contributed by atoms with Crippen molar-refractivity contribution in [3.8, 4) is 28.3 Å². The fourth-order valence-electron chi connectivity index (χ4n) is 3.10. The summed E-state index contributed by atoms with van der Waals surface area (Å²) in [6.07, 6.45) is -3.26. The second-order valence-electron chi connectivity index (χ2n) is 6.22. The summed E-state index contributed by atoms with van der Waals surface area (Å²) < 4.78 is 57.8. The number of aromatic nitrogens is 3. The minimum Gasteiger partial charge on any atom is -0.497 e. The van der Waals surface area contributed by atoms with Crippen LogP contribution in [0.4, 0.5) is 13.2 Å². The molecule has 1 aromatic carbocycles. The Kier molecular flexibility index (Phi) is 4.75. The van der Waals surface area contributed by atoms with Crippen LogP contribution >= 0.6 is 0 Å². The maximum Gasteiger partial charge on any atom is 0.433 e. The van der Waals surface area contributed by atoms with E-state index >= 15 is 0 Å². The molecule has 29 heavy (non-hydrogen) atoms. The number of rotatable bonds is 5. The van der Waals surface area contributed by atoms with E-state index in [-0.39, 0.29) is 23.7 Å². The van der Waals surface area contributed by atoms with E-state index in [1.807, 2.05) is 0 Å². The molecule has 6 nitrogen and oxygen atoms in total. The van der Waals surface area contributed by atoms with Crippen molar-refractivity contribution in [2.24, 2.45) is 0 Å². The zero-order valence-electron chi connectivity index (χ0n) is 15.5. The molecular weight excluding hydrogens is 387 g/mol. The molecule has 0 spiro atoms. The summed E-state index contributed by atoms with van der Waals surface area (Å²) in [5, 5.41) is 4.16. The van der Waals surface area contributed by atoms with E-state index in [9.17, 15) is 13.2 Å². The van der Waals surface area contributed by atoms with Gasteiger partial charge in [0.25, 0.3) is 0 Å². The summed E-state index contributed by atoms with van der Waals surface area (Å²) in [4.78, 5) is 4.43. The number of halogens is 3. The van der Waals surface area contributed by atoms with Gasteiger partial charge in [-0.2, -0.15) is 18.3 Å². The Hall–Kier alpha value is -3.33. The highest BCUT2D eigenvalue weighted by atomic mass is 19.4. The van der Waals surface area contributed by atoms with Gasteiger partial charge < -0.3 is 13.9 Å². The third kappa shape index (κ3) is 3.44. The maximum absolute atomic E-state index is 13.8. The Morgan fingerprint density at radius 2 is 1.86 bits per heavy atom. The highest BCUT2D eigenvalue weighted by Gasteiger charge is 2.36. The zero-order valence-corrected chi connectivity index (χ0v) is 15.5. The third-order valence-corrected chi connectivity index (χ3v) is 4.39. The van der Waals surface area contributed by atoms with Crippen molar-refractivity contribution < 1.29 is 27.1 Å². The number of hydrogen-bond acceptors (Lipinski definition) is 5. The standard InChI is InChI=1S/C20H16F3N3O3/c1-27-11-15-18(12-5-7-13(28-2)8-6-12)19-24-14(16-4-3-9-29-16)10-17(20(21,22)23)26(19)25-15/h3-10H,11H2,1-2H3. The molecule has 0 fully saturated rings. The van der Waals surface area contributed by atoms with Crippen LogP contribution in [0.1, 0.15) is 11.4 Å². The van der Waals surface area contributed by atoms with Crippen LogP contribution < -0.4 is 4.74 Å². The van der Waals surface area contributed by atoms with Crippen molar-refractivity contribution in [3.63, 3.8) is 0 Å². The van der Waals surface area contributed by atoms with Crippen LogP contribution in [0.15, 0.2) is 53.1 Å². The first kappa shape index (κ1) is 19.0. The molecule has 0 radical (unpaired) electrons. The summed E-state index contributed by atoms with van der Waals surface area (Å²) in [6, 6.07) is 11.0. The maximum atomic E-state index is 13.8. The van der Waals surface area contributed by atoms with Gasteiger partial charge in [0.1, 0.15) is 11.4 Å². The second kappa shape index (κ2) is 7.25. The molecule has 0 bridgehead atoms. The number of methoxy groups -OCH3 is 2. The van der Waals surface area contributed by atoms with Crippen molar-refractivity contribution in [2.75, 3.05) is 14.2 Å². The van der Waals surface area contributed by atoms with Crippen LogP contribution in [-0.2, 0) is 17.5 Å². The predicted molar refractivity (Wildman–Crippen MR) is 98.4 cm³/mol. The predicted octanol–water partition coefficient (Wildman–Crippen LogP) is 4.83. The fourth-order valence-corrected chi connectivity index (χ4v) is 3.10. The normalized spacial score (nSPS) is 11.9. The van der Waals surface area contributed by atoms with Gasteiger partial charge in [0.2, 0.25) is 0 Å². The Bertz CT molecular complexity index is 1130. The molecule has 0 saturated heterocycles. The van der Waals surface area contributed by atoms with Crippen molar-refractivity contribution in [1.82, 2.24) is 14.6 Å². The van der Waals surface area contributed by atoms with E-state index in [1.165, 1.54) is 20.5 Å². The van der Waals surface area contributed by atoms with Crippen LogP contribution in [0, 0.1) is 0 Å². The lowest BCUT2D eigenvalue weighted by Crippen LogP contribution is -2.13. The summed E-state index contributed by atoms with van der Waals surface area (Å²) in [5.74, 6) is 0.854. The summed E-state index contributed by atoms with van der Waals surface area (Å²) in [7, 11) is 2.99. The highest BCUT2D eigenvalue weighted by molar-refractivity contribution is 5.81. The van der Waals surface area contributed by atoms with Gasteiger partial charge in [0.05, 0.1) is 31.2 Å². The summed E-state index contributed by atoms with van der Waals surface area (Å²) in [6.45, 7) is 0.0259. The molecule has 0 atom stereocenters. The van der Waals surface area contributed by atoms with Gasteiger partial charge in [0.15, 0.2) is 17.1 Å². The van der Waals surface area contributed by atoms with Crippen LogP contribution in [0.2, 0.25) is 0 Å². The molecule has 9 heteroatoms. The van der Waals surface area contributed by atoms with Gasteiger partial charge >= 0.3 is 6.18 Å². The van der Waals surface area contributed by atoms with E-state index in [0.29, 0.717) is 22.6 Å². The number of nitrogens with zero attached hydrogens (tertiary/aromatic N) is 3. The Balaban J connectivity index is 2.04. The van der Waals surface area contributed by atoms with Crippen LogP contribution in [0.25, 0.3) is 28.2 Å². The molecule has 4 rings (SSSR count). The van der Waals surface area contributed by atoms with E-state index in [4.69, 9.17) is 13.9 Å². The number of benzene rings is 1. The quantitative estimate of drug-likeness (QED) is 0.478. The van der Waals surface area contributed by atoms with E-state index in [1.54, 1.807) is 36.4 Å². The average molecular weight is 403 g/mol. The first-order valence-corrected chi connectivity index (χ1v) is 8.59. The Labute approximate surface area is 163 Å². The van der Waals surface area contributed by atoms with Crippen LogP contribution in [0.5, 0.6) is 5.75 Å². The van der Waals surface area contributed by atoms with Gasteiger partial charge in [-0.05, 0) is 35.9 Å². The molecule has 0 aliphatic rings. The lowest BCUT2D eigenvalue weighted by molar-refractivity contribution is -0.142. The summed E-state index contributed by atoms with van der Waals surface area (Å²) >= 11 is 0. The lowest BCUT2D eigenvalue weighted by atomic mass is 10.1. The molecule has 0 unspecified atom stereocenters. The fraction of sp³-hybridized carbons (Fsp3) is 0.200. The van der Waals surface area contributed by atoms with Crippen molar-refractivity contribution >= 4 is 5.65 Å². The molecule has 0 aliphatic carbocycles. The molecule has 3 heterocycles. The number of ether oxygens (including phenoxy) is 2. The molecule has 0 saturated carbocycles. The molecule has 0 N–H and O–H groups in total. The molecule has 4 aromatic rings. The monoisotopic (exact) mass is 403 g/mol. The van der Waals surface area contributed by atoms with Gasteiger partial charge in [0, 0.05) is 7.11 Å². The Morgan fingerprint density at radius 1 is 1.10 bits per heavy atom. The molecule has 0 amide bonds.